The van der Waals surface area contributed by atoms with Crippen LogP contribution >= 0.6 is 0 Å². The number of aromatic nitrogens is 1. The fourth-order valence-electron chi connectivity index (χ4n) is 1.43. The van der Waals surface area contributed by atoms with Gasteiger partial charge in [0.05, 0.1) is 0 Å². The molecule has 92 valence electrons. The molecule has 17 heavy (non-hydrogen) atoms. The Morgan fingerprint density at radius 1 is 1.41 bits per heavy atom. The van der Waals surface area contributed by atoms with E-state index >= 15 is 0 Å². The third kappa shape index (κ3) is 4.10. The molecule has 0 unspecified atom stereocenters. The quantitative estimate of drug-likeness (QED) is 0.672. The van der Waals surface area contributed by atoms with E-state index < -0.39 is 17.4 Å². The lowest BCUT2D eigenvalue weighted by Crippen LogP contribution is -2.46. The molecule has 1 heterocycles. The van der Waals surface area contributed by atoms with Gasteiger partial charge in [-0.05, 0) is 19.9 Å². The second-order valence-corrected chi connectivity index (χ2v) is 4.41. The Labute approximate surface area is 98.2 Å². The Bertz CT molecular complexity index is 491. The predicted octanol–water partition coefficient (Wildman–Crippen LogP) is -0.241. The van der Waals surface area contributed by atoms with Crippen LogP contribution in [0.25, 0.3) is 0 Å². The Morgan fingerprint density at radius 3 is 2.59 bits per heavy atom. The van der Waals surface area contributed by atoms with Crippen molar-refractivity contribution in [2.75, 3.05) is 0 Å². The summed E-state index contributed by atoms with van der Waals surface area (Å²) in [5, 5.41) is 2.62. The first-order valence-electron chi connectivity index (χ1n) is 5.10. The SMILES string of the molecule is CC(C)(CC(N)=O)NC(=O)c1cccc(=O)[nH]1. The van der Waals surface area contributed by atoms with Crippen LogP contribution in [0.3, 0.4) is 0 Å². The average Bonchev–Trinajstić information content (AvgIpc) is 2.14. The number of amides is 2. The van der Waals surface area contributed by atoms with Crippen molar-refractivity contribution < 1.29 is 9.59 Å². The maximum Gasteiger partial charge on any atom is 0.268 e. The maximum atomic E-state index is 11.8. The third-order valence-electron chi connectivity index (χ3n) is 2.08. The van der Waals surface area contributed by atoms with Gasteiger partial charge in [0.2, 0.25) is 11.5 Å². The van der Waals surface area contributed by atoms with Crippen LogP contribution in [0.4, 0.5) is 0 Å². The molecular formula is C11H15N3O3. The second-order valence-electron chi connectivity index (χ2n) is 4.41. The lowest BCUT2D eigenvalue weighted by atomic mass is 10.00. The van der Waals surface area contributed by atoms with E-state index in [-0.39, 0.29) is 17.7 Å². The molecule has 0 bridgehead atoms. The number of primary amides is 1. The fraction of sp³-hybridized carbons (Fsp3) is 0.364. The lowest BCUT2D eigenvalue weighted by molar-refractivity contribution is -0.119. The van der Waals surface area contributed by atoms with Gasteiger partial charge in [-0.1, -0.05) is 6.07 Å². The molecule has 0 fully saturated rings. The van der Waals surface area contributed by atoms with Gasteiger partial charge in [-0.3, -0.25) is 14.4 Å². The summed E-state index contributed by atoms with van der Waals surface area (Å²) < 4.78 is 0. The van der Waals surface area contributed by atoms with Gasteiger partial charge in [0.15, 0.2) is 0 Å². The molecule has 0 aliphatic rings. The highest BCUT2D eigenvalue weighted by molar-refractivity contribution is 5.93. The molecule has 0 aliphatic carbocycles. The summed E-state index contributed by atoms with van der Waals surface area (Å²) in [5.74, 6) is -0.953. The van der Waals surface area contributed by atoms with Crippen molar-refractivity contribution in [3.8, 4) is 0 Å². The highest BCUT2D eigenvalue weighted by Crippen LogP contribution is 2.08. The van der Waals surface area contributed by atoms with Gasteiger partial charge in [0.1, 0.15) is 5.69 Å². The molecule has 6 nitrogen and oxygen atoms in total. The molecule has 1 aromatic heterocycles. The minimum atomic E-state index is -0.754. The summed E-state index contributed by atoms with van der Waals surface area (Å²) in [7, 11) is 0. The maximum absolute atomic E-state index is 11.8. The number of carbonyl (C=O) groups is 2. The van der Waals surface area contributed by atoms with Crippen LogP contribution < -0.4 is 16.6 Å². The summed E-state index contributed by atoms with van der Waals surface area (Å²) in [6, 6.07) is 4.28. The zero-order valence-electron chi connectivity index (χ0n) is 9.74. The number of hydrogen-bond donors (Lipinski definition) is 3. The number of nitrogens with two attached hydrogens (primary N) is 1. The van der Waals surface area contributed by atoms with Gasteiger partial charge in [0.25, 0.3) is 5.91 Å². The van der Waals surface area contributed by atoms with Gasteiger partial charge in [-0.15, -0.1) is 0 Å². The van der Waals surface area contributed by atoms with Gasteiger partial charge in [0, 0.05) is 18.0 Å². The Hall–Kier alpha value is -2.11. The first-order chi connectivity index (χ1) is 7.80. The normalized spacial score (nSPS) is 10.9. The van der Waals surface area contributed by atoms with Crippen LogP contribution in [-0.2, 0) is 4.79 Å². The predicted molar refractivity (Wildman–Crippen MR) is 62.4 cm³/mol. The van der Waals surface area contributed by atoms with Crippen molar-refractivity contribution in [2.24, 2.45) is 5.73 Å². The number of rotatable bonds is 4. The largest absolute Gasteiger partial charge is 0.370 e. The van der Waals surface area contributed by atoms with Crippen LogP contribution in [0.5, 0.6) is 0 Å². The molecule has 0 aliphatic heterocycles. The fourth-order valence-corrected chi connectivity index (χ4v) is 1.43. The first-order valence-corrected chi connectivity index (χ1v) is 5.10. The molecule has 0 spiro atoms. The van der Waals surface area contributed by atoms with Gasteiger partial charge in [-0.25, -0.2) is 0 Å². The highest BCUT2D eigenvalue weighted by atomic mass is 16.2. The van der Waals surface area contributed by atoms with Crippen LogP contribution in [0.2, 0.25) is 0 Å². The van der Waals surface area contributed by atoms with E-state index in [1.165, 1.54) is 18.2 Å². The van der Waals surface area contributed by atoms with Crippen LogP contribution in [0.1, 0.15) is 30.8 Å². The molecule has 0 saturated carbocycles. The number of aromatic amines is 1. The number of carbonyl (C=O) groups excluding carboxylic acids is 2. The zero-order chi connectivity index (χ0) is 13.1. The summed E-state index contributed by atoms with van der Waals surface area (Å²) in [6.45, 7) is 3.35. The molecule has 4 N–H and O–H groups in total. The van der Waals surface area contributed by atoms with Crippen molar-refractivity contribution in [3.63, 3.8) is 0 Å². The molecular weight excluding hydrogens is 222 g/mol. The number of H-pyrrole nitrogens is 1. The van der Waals surface area contributed by atoms with E-state index in [1.807, 2.05) is 0 Å². The summed E-state index contributed by atoms with van der Waals surface area (Å²) in [6.07, 6.45) is 0.0236. The van der Waals surface area contributed by atoms with E-state index in [4.69, 9.17) is 5.73 Å². The Balaban J connectivity index is 2.79. The van der Waals surface area contributed by atoms with Crippen LogP contribution in [-0.4, -0.2) is 22.3 Å². The van der Waals surface area contributed by atoms with Gasteiger partial charge >= 0.3 is 0 Å². The topological polar surface area (TPSA) is 105 Å². The third-order valence-corrected chi connectivity index (χ3v) is 2.08. The Kier molecular flexibility index (Phi) is 3.67. The number of hydrogen-bond acceptors (Lipinski definition) is 3. The molecule has 1 rings (SSSR count). The van der Waals surface area contributed by atoms with Crippen molar-refractivity contribution in [1.29, 1.82) is 0 Å². The van der Waals surface area contributed by atoms with Gasteiger partial charge in [-0.2, -0.15) is 0 Å². The molecule has 2 amide bonds. The minimum absolute atomic E-state index is 0.0236. The van der Waals surface area contributed by atoms with Crippen molar-refractivity contribution in [1.82, 2.24) is 10.3 Å². The van der Waals surface area contributed by atoms with E-state index in [2.05, 4.69) is 10.3 Å². The van der Waals surface area contributed by atoms with Crippen molar-refractivity contribution >= 4 is 11.8 Å². The second kappa shape index (κ2) is 4.82. The van der Waals surface area contributed by atoms with E-state index in [1.54, 1.807) is 13.8 Å². The monoisotopic (exact) mass is 237 g/mol. The molecule has 0 saturated heterocycles. The number of nitrogens with one attached hydrogen (secondary N) is 2. The average molecular weight is 237 g/mol. The van der Waals surface area contributed by atoms with Crippen LogP contribution in [0.15, 0.2) is 23.0 Å². The number of pyridine rings is 1. The van der Waals surface area contributed by atoms with Gasteiger partial charge < -0.3 is 16.0 Å². The van der Waals surface area contributed by atoms with E-state index in [0.29, 0.717) is 0 Å². The summed E-state index contributed by atoms with van der Waals surface area (Å²) in [4.78, 5) is 36.0. The minimum Gasteiger partial charge on any atom is -0.370 e. The first kappa shape index (κ1) is 13.0. The van der Waals surface area contributed by atoms with E-state index in [9.17, 15) is 14.4 Å². The molecule has 6 heteroatoms. The summed E-state index contributed by atoms with van der Waals surface area (Å²) >= 11 is 0. The zero-order valence-corrected chi connectivity index (χ0v) is 9.74. The Morgan fingerprint density at radius 2 is 2.06 bits per heavy atom. The summed E-state index contributed by atoms with van der Waals surface area (Å²) in [5.41, 5.74) is 4.11. The van der Waals surface area contributed by atoms with Crippen LogP contribution in [0, 0.1) is 0 Å². The molecule has 0 aromatic carbocycles. The molecule has 0 atom stereocenters. The standard InChI is InChI=1S/C11H15N3O3/c1-11(2,6-8(12)15)14-10(17)7-4-3-5-9(16)13-7/h3-5H,6H2,1-2H3,(H2,12,15)(H,13,16)(H,14,17). The van der Waals surface area contributed by atoms with E-state index in [0.717, 1.165) is 0 Å². The van der Waals surface area contributed by atoms with Crippen molar-refractivity contribution in [3.05, 3.63) is 34.2 Å². The van der Waals surface area contributed by atoms with Crippen molar-refractivity contribution in [2.45, 2.75) is 25.8 Å². The molecule has 0 radical (unpaired) electrons. The lowest BCUT2D eigenvalue weighted by Gasteiger charge is -2.24. The molecule has 1 aromatic rings. The highest BCUT2D eigenvalue weighted by Gasteiger charge is 2.23. The smallest absolute Gasteiger partial charge is 0.268 e.